The lowest BCUT2D eigenvalue weighted by molar-refractivity contribution is -0.121. The molecule has 5 nitrogen and oxygen atoms in total. The van der Waals surface area contributed by atoms with Crippen molar-refractivity contribution >= 4 is 29.7 Å². The number of rotatable bonds is 12. The molecule has 0 spiro atoms. The summed E-state index contributed by atoms with van der Waals surface area (Å²) in [6.07, 6.45) is 10.2. The molecule has 0 saturated heterocycles. The second-order valence-corrected chi connectivity index (χ2v) is 7.57. The molecular formula is C24H29ClN2O3. The molecule has 1 amide bonds. The van der Waals surface area contributed by atoms with Crippen molar-refractivity contribution in [3.8, 4) is 5.75 Å². The molecular weight excluding hydrogens is 400 g/mol. The summed E-state index contributed by atoms with van der Waals surface area (Å²) in [5.74, 6) is -0.165. The molecule has 0 aliphatic carbocycles. The van der Waals surface area contributed by atoms with Gasteiger partial charge in [-0.05, 0) is 48.4 Å². The largest absolute Gasteiger partial charge is 0.423 e. The smallest absolute Gasteiger partial charge is 0.343 e. The van der Waals surface area contributed by atoms with Crippen LogP contribution in [-0.2, 0) is 4.79 Å². The van der Waals surface area contributed by atoms with Crippen LogP contribution in [0.4, 0.5) is 0 Å². The minimum Gasteiger partial charge on any atom is -0.423 e. The van der Waals surface area contributed by atoms with E-state index in [-0.39, 0.29) is 5.91 Å². The highest BCUT2D eigenvalue weighted by Gasteiger charge is 2.08. The van der Waals surface area contributed by atoms with Crippen LogP contribution in [0, 0.1) is 0 Å². The van der Waals surface area contributed by atoms with E-state index < -0.39 is 5.97 Å². The number of ether oxygens (including phenoxy) is 1. The molecule has 2 aromatic rings. The Hall–Kier alpha value is -2.66. The third-order valence-electron chi connectivity index (χ3n) is 4.56. The van der Waals surface area contributed by atoms with E-state index in [0.29, 0.717) is 28.3 Å². The van der Waals surface area contributed by atoms with E-state index in [0.717, 1.165) is 12.8 Å². The van der Waals surface area contributed by atoms with Gasteiger partial charge in [-0.2, -0.15) is 5.10 Å². The van der Waals surface area contributed by atoms with Gasteiger partial charge in [-0.3, -0.25) is 4.79 Å². The third-order valence-corrected chi connectivity index (χ3v) is 4.81. The van der Waals surface area contributed by atoms with Gasteiger partial charge in [-0.1, -0.05) is 69.2 Å². The van der Waals surface area contributed by atoms with Crippen LogP contribution < -0.4 is 10.2 Å². The standard InChI is InChI=1S/C24H29ClN2O3/c1-2-3-4-5-6-7-8-12-23(28)27-26-18-19-10-9-11-22(17-19)30-24(29)20-13-15-21(25)16-14-20/h9-11,13-18H,2-8,12H2,1H3,(H,27,28). The molecule has 0 fully saturated rings. The molecule has 0 bridgehead atoms. The van der Waals surface area contributed by atoms with Crippen LogP contribution in [0.1, 0.15) is 74.2 Å². The maximum atomic E-state index is 12.2. The van der Waals surface area contributed by atoms with Crippen molar-refractivity contribution in [1.82, 2.24) is 5.43 Å². The Kier molecular flexibility index (Phi) is 10.7. The second-order valence-electron chi connectivity index (χ2n) is 7.13. The molecule has 6 heteroatoms. The number of hydrogen-bond acceptors (Lipinski definition) is 4. The van der Waals surface area contributed by atoms with Crippen LogP contribution in [0.15, 0.2) is 53.6 Å². The summed E-state index contributed by atoms with van der Waals surface area (Å²) in [5.41, 5.74) is 3.67. The first-order valence-corrected chi connectivity index (χ1v) is 10.9. The zero-order chi connectivity index (χ0) is 21.6. The van der Waals surface area contributed by atoms with Gasteiger partial charge < -0.3 is 4.74 Å². The van der Waals surface area contributed by atoms with Crippen LogP contribution >= 0.6 is 11.6 Å². The minimum atomic E-state index is -0.469. The maximum absolute atomic E-state index is 12.2. The molecule has 2 rings (SSSR count). The highest BCUT2D eigenvalue weighted by molar-refractivity contribution is 6.30. The number of amides is 1. The highest BCUT2D eigenvalue weighted by atomic mass is 35.5. The van der Waals surface area contributed by atoms with Gasteiger partial charge in [-0.15, -0.1) is 0 Å². The Bertz CT molecular complexity index is 835. The Labute approximate surface area is 183 Å². The summed E-state index contributed by atoms with van der Waals surface area (Å²) in [7, 11) is 0. The first-order chi connectivity index (χ1) is 14.6. The molecule has 0 radical (unpaired) electrons. The van der Waals surface area contributed by atoms with Crippen LogP contribution in [0.3, 0.4) is 0 Å². The van der Waals surface area contributed by atoms with Crippen molar-refractivity contribution in [3.05, 3.63) is 64.7 Å². The van der Waals surface area contributed by atoms with Crippen LogP contribution in [0.25, 0.3) is 0 Å². The van der Waals surface area contributed by atoms with E-state index in [2.05, 4.69) is 17.5 Å². The fourth-order valence-electron chi connectivity index (χ4n) is 2.89. The summed E-state index contributed by atoms with van der Waals surface area (Å²) in [4.78, 5) is 24.0. The SMILES string of the molecule is CCCCCCCCCC(=O)NN=Cc1cccc(OC(=O)c2ccc(Cl)cc2)c1. The topological polar surface area (TPSA) is 67.8 Å². The average Bonchev–Trinajstić information content (AvgIpc) is 2.74. The zero-order valence-electron chi connectivity index (χ0n) is 17.4. The Morgan fingerprint density at radius 2 is 1.70 bits per heavy atom. The Morgan fingerprint density at radius 1 is 1.00 bits per heavy atom. The van der Waals surface area contributed by atoms with Crippen LogP contribution in [0.2, 0.25) is 5.02 Å². The van der Waals surface area contributed by atoms with E-state index in [1.54, 1.807) is 42.5 Å². The van der Waals surface area contributed by atoms with Crippen LogP contribution in [-0.4, -0.2) is 18.1 Å². The lowest BCUT2D eigenvalue weighted by Gasteiger charge is -2.05. The number of benzene rings is 2. The quantitative estimate of drug-likeness (QED) is 0.145. The first kappa shape index (κ1) is 23.6. The first-order valence-electron chi connectivity index (χ1n) is 10.5. The molecule has 30 heavy (non-hydrogen) atoms. The average molecular weight is 429 g/mol. The van der Waals surface area contributed by atoms with Gasteiger partial charge >= 0.3 is 5.97 Å². The van der Waals surface area contributed by atoms with Crippen molar-refractivity contribution in [2.24, 2.45) is 5.10 Å². The molecule has 160 valence electrons. The Morgan fingerprint density at radius 3 is 2.43 bits per heavy atom. The summed E-state index contributed by atoms with van der Waals surface area (Å²) in [6, 6.07) is 13.4. The predicted molar refractivity (Wildman–Crippen MR) is 121 cm³/mol. The number of carbonyl (C=O) groups excluding carboxylic acids is 2. The molecule has 0 saturated carbocycles. The Balaban J connectivity index is 1.73. The van der Waals surface area contributed by atoms with Crippen LogP contribution in [0.5, 0.6) is 5.75 Å². The molecule has 0 atom stereocenters. The monoisotopic (exact) mass is 428 g/mol. The zero-order valence-corrected chi connectivity index (χ0v) is 18.2. The van der Waals surface area contributed by atoms with E-state index in [9.17, 15) is 9.59 Å². The minimum absolute atomic E-state index is 0.0925. The molecule has 0 unspecified atom stereocenters. The van der Waals surface area contributed by atoms with Gasteiger partial charge in [0.15, 0.2) is 0 Å². The lowest BCUT2D eigenvalue weighted by Crippen LogP contribution is -2.16. The number of unbranched alkanes of at least 4 members (excludes halogenated alkanes) is 6. The van der Waals surface area contributed by atoms with Crippen molar-refractivity contribution < 1.29 is 14.3 Å². The van der Waals surface area contributed by atoms with Crippen molar-refractivity contribution in [2.75, 3.05) is 0 Å². The van der Waals surface area contributed by atoms with E-state index in [1.807, 2.05) is 6.07 Å². The van der Waals surface area contributed by atoms with Gasteiger partial charge in [0.1, 0.15) is 5.75 Å². The van der Waals surface area contributed by atoms with Crippen molar-refractivity contribution in [2.45, 2.75) is 58.3 Å². The fourth-order valence-corrected chi connectivity index (χ4v) is 3.01. The summed E-state index contributed by atoms with van der Waals surface area (Å²) < 4.78 is 5.38. The second kappa shape index (κ2) is 13.5. The maximum Gasteiger partial charge on any atom is 0.343 e. The van der Waals surface area contributed by atoms with Crippen molar-refractivity contribution in [3.63, 3.8) is 0 Å². The number of hydrogen-bond donors (Lipinski definition) is 1. The van der Waals surface area contributed by atoms with Gasteiger partial charge in [0.05, 0.1) is 11.8 Å². The number of carbonyl (C=O) groups is 2. The fraction of sp³-hybridized carbons (Fsp3) is 0.375. The number of nitrogens with one attached hydrogen (secondary N) is 1. The third kappa shape index (κ3) is 9.23. The summed E-state index contributed by atoms with van der Waals surface area (Å²) in [5, 5.41) is 4.54. The number of halogens is 1. The van der Waals surface area contributed by atoms with Gasteiger partial charge in [0, 0.05) is 11.4 Å². The van der Waals surface area contributed by atoms with E-state index in [4.69, 9.17) is 16.3 Å². The van der Waals surface area contributed by atoms with Gasteiger partial charge in [-0.25, -0.2) is 10.2 Å². The highest BCUT2D eigenvalue weighted by Crippen LogP contribution is 2.16. The van der Waals surface area contributed by atoms with E-state index >= 15 is 0 Å². The predicted octanol–water partition coefficient (Wildman–Crippen LogP) is 6.15. The van der Waals surface area contributed by atoms with Gasteiger partial charge in [0.25, 0.3) is 0 Å². The number of hydrazone groups is 1. The number of nitrogens with zero attached hydrogens (tertiary/aromatic N) is 1. The molecule has 0 aliphatic heterocycles. The summed E-state index contributed by atoms with van der Waals surface area (Å²) >= 11 is 5.83. The van der Waals surface area contributed by atoms with E-state index in [1.165, 1.54) is 38.3 Å². The molecule has 2 aromatic carbocycles. The van der Waals surface area contributed by atoms with Gasteiger partial charge in [0.2, 0.25) is 5.91 Å². The normalized spacial score (nSPS) is 10.9. The molecule has 1 N–H and O–H groups in total. The summed E-state index contributed by atoms with van der Waals surface area (Å²) in [6.45, 7) is 2.20. The number of esters is 1. The lowest BCUT2D eigenvalue weighted by atomic mass is 10.1. The molecule has 0 aromatic heterocycles. The van der Waals surface area contributed by atoms with Crippen molar-refractivity contribution in [1.29, 1.82) is 0 Å². The molecule has 0 heterocycles. The molecule has 0 aliphatic rings.